The molecule has 0 aromatic heterocycles. The molecule has 0 aliphatic heterocycles. The Morgan fingerprint density at radius 3 is 0.966 bits per heavy atom. The fourth-order valence-corrected chi connectivity index (χ4v) is 7.10. The molecule has 0 spiro atoms. The van der Waals surface area contributed by atoms with Gasteiger partial charge in [-0.1, -0.05) is 218 Å². The number of rotatable bonds is 45. The summed E-state index contributed by atoms with van der Waals surface area (Å²) in [4.78, 5) is 37.4. The zero-order valence-electron chi connectivity index (χ0n) is 38.6. The van der Waals surface area contributed by atoms with Gasteiger partial charge in [0, 0.05) is 19.3 Å². The first kappa shape index (κ1) is 55.6. The standard InChI is InChI=1S/C52H94O6/c1-4-7-10-13-15-17-18-19-20-21-22-23-24-25-26-27-28-29-30-31-32-33-34-35-37-39-42-45-51(54)57-48-49(47-56-50(53)44-41-38-12-9-6-3)58-52(55)46-43-40-36-16-14-11-8-5-2/h18-19,21-22,24-25,49H,4-17,20,23,26-48H2,1-3H3/b19-18-,22-21-,25-24-. The van der Waals surface area contributed by atoms with E-state index in [0.717, 1.165) is 77.0 Å². The maximum Gasteiger partial charge on any atom is 0.306 e. The molecule has 0 saturated heterocycles. The Balaban J connectivity index is 3.95. The summed E-state index contributed by atoms with van der Waals surface area (Å²) in [6, 6.07) is 0. The summed E-state index contributed by atoms with van der Waals surface area (Å²) in [6.45, 7) is 6.51. The number of carbonyl (C=O) groups is 3. The van der Waals surface area contributed by atoms with Crippen molar-refractivity contribution in [1.82, 2.24) is 0 Å². The lowest BCUT2D eigenvalue weighted by molar-refractivity contribution is -0.167. The van der Waals surface area contributed by atoms with Crippen molar-refractivity contribution in [3.8, 4) is 0 Å². The van der Waals surface area contributed by atoms with Gasteiger partial charge in [-0.2, -0.15) is 0 Å². The smallest absolute Gasteiger partial charge is 0.306 e. The predicted molar refractivity (Wildman–Crippen MR) is 247 cm³/mol. The van der Waals surface area contributed by atoms with E-state index in [0.29, 0.717) is 19.3 Å². The Bertz CT molecular complexity index is 984. The molecule has 0 rings (SSSR count). The van der Waals surface area contributed by atoms with E-state index < -0.39 is 6.10 Å². The van der Waals surface area contributed by atoms with Crippen LogP contribution in [0.1, 0.15) is 258 Å². The highest BCUT2D eigenvalue weighted by atomic mass is 16.6. The van der Waals surface area contributed by atoms with Crippen molar-refractivity contribution in [2.24, 2.45) is 0 Å². The highest BCUT2D eigenvalue weighted by molar-refractivity contribution is 5.71. The van der Waals surface area contributed by atoms with Crippen LogP contribution < -0.4 is 0 Å². The van der Waals surface area contributed by atoms with Crippen LogP contribution in [-0.4, -0.2) is 37.2 Å². The van der Waals surface area contributed by atoms with E-state index in [1.165, 1.54) is 141 Å². The molecule has 0 aliphatic carbocycles. The van der Waals surface area contributed by atoms with Gasteiger partial charge >= 0.3 is 17.9 Å². The summed E-state index contributed by atoms with van der Waals surface area (Å²) in [5.74, 6) is -0.887. The lowest BCUT2D eigenvalue weighted by Crippen LogP contribution is -2.30. The lowest BCUT2D eigenvalue weighted by atomic mass is 10.0. The summed E-state index contributed by atoms with van der Waals surface area (Å²) in [5, 5.41) is 0. The van der Waals surface area contributed by atoms with Gasteiger partial charge in [0.15, 0.2) is 6.10 Å². The van der Waals surface area contributed by atoms with Crippen molar-refractivity contribution in [3.63, 3.8) is 0 Å². The van der Waals surface area contributed by atoms with Gasteiger partial charge in [-0.15, -0.1) is 0 Å². The summed E-state index contributed by atoms with van der Waals surface area (Å²) in [6.07, 6.45) is 54.7. The Hall–Kier alpha value is -2.37. The summed E-state index contributed by atoms with van der Waals surface area (Å²) >= 11 is 0. The molecule has 1 atom stereocenters. The number of hydrogen-bond donors (Lipinski definition) is 0. The topological polar surface area (TPSA) is 78.9 Å². The van der Waals surface area contributed by atoms with Crippen LogP contribution in [0.25, 0.3) is 0 Å². The minimum atomic E-state index is -0.762. The molecule has 58 heavy (non-hydrogen) atoms. The van der Waals surface area contributed by atoms with E-state index >= 15 is 0 Å². The molecule has 6 nitrogen and oxygen atoms in total. The van der Waals surface area contributed by atoms with Crippen LogP contribution in [0.4, 0.5) is 0 Å². The second-order valence-corrected chi connectivity index (χ2v) is 16.7. The van der Waals surface area contributed by atoms with Crippen LogP contribution in [-0.2, 0) is 28.6 Å². The maximum atomic E-state index is 12.6. The lowest BCUT2D eigenvalue weighted by Gasteiger charge is -2.18. The van der Waals surface area contributed by atoms with Crippen LogP contribution in [0.3, 0.4) is 0 Å². The predicted octanol–water partition coefficient (Wildman–Crippen LogP) is 16.1. The normalized spacial score (nSPS) is 12.3. The zero-order valence-corrected chi connectivity index (χ0v) is 38.6. The van der Waals surface area contributed by atoms with Crippen molar-refractivity contribution in [3.05, 3.63) is 36.5 Å². The van der Waals surface area contributed by atoms with Crippen LogP contribution in [0.5, 0.6) is 0 Å². The maximum absolute atomic E-state index is 12.6. The van der Waals surface area contributed by atoms with E-state index in [1.54, 1.807) is 0 Å². The molecule has 0 saturated carbocycles. The Kier molecular flexibility index (Phi) is 45.4. The first-order valence-corrected chi connectivity index (χ1v) is 25.0. The zero-order chi connectivity index (χ0) is 42.3. The number of ether oxygens (including phenoxy) is 3. The second-order valence-electron chi connectivity index (χ2n) is 16.7. The molecule has 0 aliphatic rings. The van der Waals surface area contributed by atoms with Gasteiger partial charge in [0.25, 0.3) is 0 Å². The van der Waals surface area contributed by atoms with Gasteiger partial charge < -0.3 is 14.2 Å². The van der Waals surface area contributed by atoms with E-state index in [2.05, 4.69) is 57.2 Å². The van der Waals surface area contributed by atoms with E-state index in [1.807, 2.05) is 0 Å². The molecule has 0 N–H and O–H groups in total. The van der Waals surface area contributed by atoms with Gasteiger partial charge in [-0.3, -0.25) is 14.4 Å². The molecule has 0 fully saturated rings. The van der Waals surface area contributed by atoms with Crippen LogP contribution in [0, 0.1) is 0 Å². The molecular weight excluding hydrogens is 721 g/mol. The van der Waals surface area contributed by atoms with Gasteiger partial charge in [0.2, 0.25) is 0 Å². The minimum Gasteiger partial charge on any atom is -0.462 e. The summed E-state index contributed by atoms with van der Waals surface area (Å²) < 4.78 is 16.6. The monoisotopic (exact) mass is 815 g/mol. The third-order valence-corrected chi connectivity index (χ3v) is 10.9. The summed E-state index contributed by atoms with van der Waals surface area (Å²) in [5.41, 5.74) is 0. The highest BCUT2D eigenvalue weighted by Crippen LogP contribution is 2.15. The first-order chi connectivity index (χ1) is 28.5. The quantitative estimate of drug-likeness (QED) is 0.0264. The van der Waals surface area contributed by atoms with Crippen molar-refractivity contribution < 1.29 is 28.6 Å². The fourth-order valence-electron chi connectivity index (χ4n) is 7.10. The SMILES string of the molecule is CCCCCCC/C=C\C/C=C\C/C=C\CCCCCCCCCCCCCCC(=O)OCC(COC(=O)CCCCCCC)OC(=O)CCCCCCCCCC. The number of hydrogen-bond acceptors (Lipinski definition) is 6. The van der Waals surface area contributed by atoms with Gasteiger partial charge in [0.1, 0.15) is 13.2 Å². The number of allylic oxidation sites excluding steroid dienone is 6. The van der Waals surface area contributed by atoms with E-state index in [4.69, 9.17) is 14.2 Å². The molecule has 1 unspecified atom stereocenters. The molecule has 0 bridgehead atoms. The first-order valence-electron chi connectivity index (χ1n) is 25.0. The van der Waals surface area contributed by atoms with Crippen LogP contribution in [0.15, 0.2) is 36.5 Å². The van der Waals surface area contributed by atoms with E-state index in [-0.39, 0.29) is 31.1 Å². The third kappa shape index (κ3) is 44.7. The number of esters is 3. The molecular formula is C52H94O6. The highest BCUT2D eigenvalue weighted by Gasteiger charge is 2.19. The number of unbranched alkanes of at least 4 members (excludes halogenated alkanes) is 28. The Morgan fingerprint density at radius 2 is 0.621 bits per heavy atom. The second kappa shape index (κ2) is 47.3. The Morgan fingerprint density at radius 1 is 0.345 bits per heavy atom. The average molecular weight is 815 g/mol. The van der Waals surface area contributed by atoms with Crippen molar-refractivity contribution in [2.45, 2.75) is 264 Å². The van der Waals surface area contributed by atoms with Crippen molar-refractivity contribution >= 4 is 17.9 Å². The molecule has 0 heterocycles. The van der Waals surface area contributed by atoms with Gasteiger partial charge in [-0.05, 0) is 57.8 Å². The minimum absolute atomic E-state index is 0.0710. The molecule has 338 valence electrons. The van der Waals surface area contributed by atoms with Crippen LogP contribution in [0.2, 0.25) is 0 Å². The molecule has 0 amide bonds. The Labute approximate surface area is 359 Å². The average Bonchev–Trinajstić information content (AvgIpc) is 3.22. The number of carbonyl (C=O) groups excluding carboxylic acids is 3. The molecule has 0 aromatic carbocycles. The van der Waals surface area contributed by atoms with Crippen molar-refractivity contribution in [2.75, 3.05) is 13.2 Å². The summed E-state index contributed by atoms with van der Waals surface area (Å²) in [7, 11) is 0. The fraction of sp³-hybridized carbons (Fsp3) is 0.827. The largest absolute Gasteiger partial charge is 0.462 e. The van der Waals surface area contributed by atoms with Crippen LogP contribution >= 0.6 is 0 Å². The molecule has 0 radical (unpaired) electrons. The molecule has 6 heteroatoms. The van der Waals surface area contributed by atoms with Gasteiger partial charge in [-0.25, -0.2) is 0 Å². The third-order valence-electron chi connectivity index (χ3n) is 10.9. The molecule has 0 aromatic rings. The van der Waals surface area contributed by atoms with Gasteiger partial charge in [0.05, 0.1) is 0 Å². The van der Waals surface area contributed by atoms with E-state index in [9.17, 15) is 14.4 Å². The van der Waals surface area contributed by atoms with Crippen molar-refractivity contribution in [1.29, 1.82) is 0 Å².